The predicted molar refractivity (Wildman–Crippen MR) is 87.9 cm³/mol. The Hall–Kier alpha value is -1.32. The molecule has 4 saturated heterocycles. The highest BCUT2D eigenvalue weighted by atomic mass is 15.4. The lowest BCUT2D eigenvalue weighted by Gasteiger charge is -2.60. The van der Waals surface area contributed by atoms with Crippen LogP contribution < -0.4 is 9.80 Å². The molecule has 4 aliphatic rings. The number of para-hydroxylation sites is 1. The fraction of sp³-hybridized carbons (Fsp3) is 0.579. The SMILES string of the molecule is Cn1cc(C2[NH+]3CC4(C)C[NH+]2CC(C)(C3)C4)c2ccccc21. The molecule has 116 valence electrons. The van der Waals surface area contributed by atoms with Crippen LogP contribution >= 0.6 is 0 Å². The maximum atomic E-state index is 2.53. The minimum atomic E-state index is 0.566. The molecule has 4 fully saturated rings. The molecule has 22 heavy (non-hydrogen) atoms. The zero-order valence-corrected chi connectivity index (χ0v) is 13.9. The third-order valence-corrected chi connectivity index (χ3v) is 6.52. The average molecular weight is 297 g/mol. The lowest BCUT2D eigenvalue weighted by molar-refractivity contribution is -1.18. The summed E-state index contributed by atoms with van der Waals surface area (Å²) in [4.78, 5) is 3.67. The Kier molecular flexibility index (Phi) is 2.36. The number of hydrogen-bond donors (Lipinski definition) is 2. The number of nitrogens with one attached hydrogen (secondary N) is 2. The molecule has 0 atom stereocenters. The molecule has 0 unspecified atom stereocenters. The average Bonchev–Trinajstić information content (AvgIpc) is 2.73. The number of nitrogens with zero attached hydrogens (tertiary/aromatic N) is 1. The van der Waals surface area contributed by atoms with Gasteiger partial charge in [0, 0.05) is 24.1 Å². The molecular formula is C19H27N3+2. The van der Waals surface area contributed by atoms with E-state index in [1.54, 1.807) is 5.56 Å². The number of aromatic nitrogens is 1. The highest BCUT2D eigenvalue weighted by molar-refractivity contribution is 5.84. The predicted octanol–water partition coefficient (Wildman–Crippen LogP) is 0.390. The standard InChI is InChI=1S/C19H25N3/c1-18-9-19(2)12-21(10-18)17(22(11-18)13-19)15-8-20(3)16-7-5-4-6-14(15)16/h4-8,17H,9-13H2,1-3H3/p+2. The zero-order valence-electron chi connectivity index (χ0n) is 13.9. The molecule has 0 radical (unpaired) electrons. The summed E-state index contributed by atoms with van der Waals surface area (Å²) >= 11 is 0. The Morgan fingerprint density at radius 1 is 1.00 bits per heavy atom. The van der Waals surface area contributed by atoms with E-state index >= 15 is 0 Å². The van der Waals surface area contributed by atoms with E-state index < -0.39 is 0 Å². The van der Waals surface area contributed by atoms with Crippen LogP contribution in [0.15, 0.2) is 30.5 Å². The van der Waals surface area contributed by atoms with Crippen molar-refractivity contribution in [3.8, 4) is 0 Å². The molecule has 0 saturated carbocycles. The summed E-state index contributed by atoms with van der Waals surface area (Å²) in [5, 5.41) is 1.47. The number of benzene rings is 1. The van der Waals surface area contributed by atoms with Crippen molar-refractivity contribution in [2.75, 3.05) is 26.2 Å². The molecule has 1 aromatic heterocycles. The summed E-state index contributed by atoms with van der Waals surface area (Å²) in [6, 6.07) is 8.93. The van der Waals surface area contributed by atoms with E-state index in [-0.39, 0.29) is 0 Å². The second-order valence-electron chi connectivity index (χ2n) is 8.97. The van der Waals surface area contributed by atoms with Crippen LogP contribution in [-0.2, 0) is 7.05 Å². The minimum absolute atomic E-state index is 0.566. The highest BCUT2D eigenvalue weighted by Gasteiger charge is 2.63. The number of piperidine rings is 2. The van der Waals surface area contributed by atoms with Gasteiger partial charge < -0.3 is 4.57 Å². The van der Waals surface area contributed by atoms with Crippen molar-refractivity contribution in [3.05, 3.63) is 36.0 Å². The summed E-state index contributed by atoms with van der Waals surface area (Å²) < 4.78 is 2.32. The van der Waals surface area contributed by atoms with Crippen molar-refractivity contribution in [3.63, 3.8) is 0 Å². The third kappa shape index (κ3) is 1.64. The van der Waals surface area contributed by atoms with Gasteiger partial charge in [0.25, 0.3) is 0 Å². The lowest BCUT2D eigenvalue weighted by Crippen LogP contribution is -3.40. The first-order valence-corrected chi connectivity index (χ1v) is 8.70. The van der Waals surface area contributed by atoms with Gasteiger partial charge in [-0.05, 0) is 26.3 Å². The molecule has 6 rings (SSSR count). The monoisotopic (exact) mass is 297 g/mol. The van der Waals surface area contributed by atoms with Crippen LogP contribution in [0, 0.1) is 10.8 Å². The molecule has 0 amide bonds. The van der Waals surface area contributed by atoms with E-state index in [0.29, 0.717) is 17.0 Å². The molecule has 4 aliphatic heterocycles. The van der Waals surface area contributed by atoms with Crippen molar-refractivity contribution in [1.82, 2.24) is 4.57 Å². The van der Waals surface area contributed by atoms with Gasteiger partial charge in [0.15, 0.2) is 0 Å². The Morgan fingerprint density at radius 2 is 1.59 bits per heavy atom. The molecule has 3 heteroatoms. The van der Waals surface area contributed by atoms with E-state index in [2.05, 4.69) is 55.9 Å². The van der Waals surface area contributed by atoms with E-state index in [9.17, 15) is 0 Å². The van der Waals surface area contributed by atoms with Gasteiger partial charge in [0.05, 0.1) is 42.6 Å². The van der Waals surface area contributed by atoms with Crippen LogP contribution in [0.5, 0.6) is 0 Å². The summed E-state index contributed by atoms with van der Waals surface area (Å²) in [6.45, 7) is 10.5. The Labute approximate surface area is 132 Å². The Bertz CT molecular complexity index is 723. The van der Waals surface area contributed by atoms with Gasteiger partial charge in [0.1, 0.15) is 0 Å². The third-order valence-electron chi connectivity index (χ3n) is 6.52. The van der Waals surface area contributed by atoms with Crippen molar-refractivity contribution in [1.29, 1.82) is 0 Å². The second-order valence-corrected chi connectivity index (χ2v) is 8.97. The summed E-state index contributed by atoms with van der Waals surface area (Å²) in [5.74, 6) is 0. The topological polar surface area (TPSA) is 13.8 Å². The molecule has 2 N–H and O–H groups in total. The fourth-order valence-corrected chi connectivity index (χ4v) is 6.46. The fourth-order valence-electron chi connectivity index (χ4n) is 6.46. The lowest BCUT2D eigenvalue weighted by atomic mass is 9.63. The first kappa shape index (κ1) is 13.1. The van der Waals surface area contributed by atoms with Crippen molar-refractivity contribution < 1.29 is 9.80 Å². The number of quaternary nitrogens is 2. The normalized spacial score (nSPS) is 43.1. The van der Waals surface area contributed by atoms with Crippen LogP contribution in [0.2, 0.25) is 0 Å². The van der Waals surface area contributed by atoms with Crippen LogP contribution in [0.3, 0.4) is 0 Å². The quantitative estimate of drug-likeness (QED) is 0.756. The Morgan fingerprint density at radius 3 is 2.23 bits per heavy atom. The van der Waals surface area contributed by atoms with Crippen LogP contribution in [0.1, 0.15) is 32.0 Å². The van der Waals surface area contributed by atoms with Gasteiger partial charge in [-0.1, -0.05) is 18.2 Å². The maximum Gasteiger partial charge on any atom is 0.242 e. The first-order valence-electron chi connectivity index (χ1n) is 8.70. The van der Waals surface area contributed by atoms with Crippen molar-refractivity contribution in [2.45, 2.75) is 26.4 Å². The summed E-state index contributed by atoms with van der Waals surface area (Å²) in [5.41, 5.74) is 4.09. The van der Waals surface area contributed by atoms with Crippen LogP contribution in [0.25, 0.3) is 10.9 Å². The largest absolute Gasteiger partial charge is 0.350 e. The molecule has 4 bridgehead atoms. The van der Waals surface area contributed by atoms with E-state index in [1.807, 2.05) is 9.80 Å². The zero-order chi connectivity index (χ0) is 15.1. The van der Waals surface area contributed by atoms with Gasteiger partial charge in [0.2, 0.25) is 6.17 Å². The number of rotatable bonds is 1. The summed E-state index contributed by atoms with van der Waals surface area (Å²) in [6.07, 6.45) is 4.49. The van der Waals surface area contributed by atoms with Crippen LogP contribution in [-0.4, -0.2) is 30.7 Å². The molecule has 3 nitrogen and oxygen atoms in total. The molecule has 5 heterocycles. The van der Waals surface area contributed by atoms with Gasteiger partial charge in [-0.2, -0.15) is 0 Å². The molecule has 2 aromatic rings. The maximum absolute atomic E-state index is 2.53. The summed E-state index contributed by atoms with van der Waals surface area (Å²) in [7, 11) is 2.19. The number of hydrogen-bond acceptors (Lipinski definition) is 0. The van der Waals surface area contributed by atoms with Gasteiger partial charge in [-0.25, -0.2) is 0 Å². The highest BCUT2D eigenvalue weighted by Crippen LogP contribution is 2.40. The molecular weight excluding hydrogens is 270 g/mol. The Balaban J connectivity index is 1.64. The minimum Gasteiger partial charge on any atom is -0.350 e. The van der Waals surface area contributed by atoms with Crippen LogP contribution in [0.4, 0.5) is 0 Å². The smallest absolute Gasteiger partial charge is 0.242 e. The van der Waals surface area contributed by atoms with Crippen molar-refractivity contribution in [2.24, 2.45) is 17.9 Å². The van der Waals surface area contributed by atoms with Gasteiger partial charge >= 0.3 is 0 Å². The first-order chi connectivity index (χ1) is 10.5. The molecule has 1 aromatic carbocycles. The van der Waals surface area contributed by atoms with Gasteiger partial charge in [-0.3, -0.25) is 9.80 Å². The van der Waals surface area contributed by atoms with Gasteiger partial charge in [-0.15, -0.1) is 0 Å². The second kappa shape index (κ2) is 3.95. The van der Waals surface area contributed by atoms with Crippen molar-refractivity contribution >= 4 is 10.9 Å². The number of fused-ring (bicyclic) bond motifs is 1. The van der Waals surface area contributed by atoms with E-state index in [4.69, 9.17) is 0 Å². The number of aryl methyl sites for hydroxylation is 1. The van der Waals surface area contributed by atoms with E-state index in [1.165, 1.54) is 43.5 Å². The molecule has 0 aliphatic carbocycles. The molecule has 0 spiro atoms. The van der Waals surface area contributed by atoms with E-state index in [0.717, 1.165) is 0 Å².